The van der Waals surface area contributed by atoms with Crippen molar-refractivity contribution in [2.75, 3.05) is 11.9 Å². The van der Waals surface area contributed by atoms with Crippen molar-refractivity contribution in [1.29, 1.82) is 0 Å². The second-order valence-electron chi connectivity index (χ2n) is 6.15. The Kier molecular flexibility index (Phi) is 4.05. The third kappa shape index (κ3) is 2.80. The van der Waals surface area contributed by atoms with Crippen molar-refractivity contribution in [1.82, 2.24) is 10.2 Å². The first-order valence-corrected chi connectivity index (χ1v) is 8.55. The van der Waals surface area contributed by atoms with Crippen LogP contribution in [0.3, 0.4) is 0 Å². The van der Waals surface area contributed by atoms with Crippen LogP contribution in [0.2, 0.25) is 5.02 Å². The third-order valence-electron chi connectivity index (χ3n) is 4.48. The Morgan fingerprint density at radius 2 is 1.78 bits per heavy atom. The molecule has 1 aliphatic rings. The summed E-state index contributed by atoms with van der Waals surface area (Å²) in [6.07, 6.45) is 1.59. The van der Waals surface area contributed by atoms with E-state index in [4.69, 9.17) is 11.6 Å². The van der Waals surface area contributed by atoms with Gasteiger partial charge >= 0.3 is 0 Å². The van der Waals surface area contributed by atoms with Gasteiger partial charge in [0.15, 0.2) is 0 Å². The number of H-pyrrole nitrogens is 2. The molecule has 134 valence electrons. The van der Waals surface area contributed by atoms with Crippen LogP contribution in [0.25, 0.3) is 11.6 Å². The molecular formula is C20H14ClN3O3. The fourth-order valence-corrected chi connectivity index (χ4v) is 3.35. The Balaban J connectivity index is 2.05. The molecule has 0 bridgehead atoms. The number of nitrogens with one attached hydrogen (secondary N) is 2. The quantitative estimate of drug-likeness (QED) is 0.666. The molecule has 0 saturated heterocycles. The number of benzene rings is 2. The molecule has 1 amide bonds. The molecule has 27 heavy (non-hydrogen) atoms. The van der Waals surface area contributed by atoms with E-state index >= 15 is 0 Å². The topological polar surface area (TPSA) is 86.0 Å². The summed E-state index contributed by atoms with van der Waals surface area (Å²) in [5.74, 6) is -0.903. The van der Waals surface area contributed by atoms with E-state index < -0.39 is 17.2 Å². The van der Waals surface area contributed by atoms with E-state index in [-0.39, 0.29) is 16.1 Å². The maximum Gasteiger partial charge on any atom is 0.271 e. The van der Waals surface area contributed by atoms with Crippen LogP contribution in [0.15, 0.2) is 53.3 Å². The molecule has 1 aliphatic heterocycles. The maximum absolute atomic E-state index is 13.0. The van der Waals surface area contributed by atoms with Crippen LogP contribution >= 0.6 is 11.6 Å². The minimum Gasteiger partial charge on any atom is -0.310 e. The monoisotopic (exact) mass is 379 g/mol. The highest BCUT2D eigenvalue weighted by Crippen LogP contribution is 2.28. The molecule has 0 unspecified atom stereocenters. The van der Waals surface area contributed by atoms with E-state index in [9.17, 15) is 14.4 Å². The molecule has 0 aliphatic carbocycles. The number of halogens is 1. The Labute approximate surface area is 158 Å². The van der Waals surface area contributed by atoms with E-state index in [0.29, 0.717) is 21.8 Å². The highest BCUT2D eigenvalue weighted by molar-refractivity contribution is 6.51. The lowest BCUT2D eigenvalue weighted by Crippen LogP contribution is -2.44. The molecule has 2 N–H and O–H groups in total. The Hall–Kier alpha value is -3.38. The number of hydrogen-bond donors (Lipinski definition) is 2. The van der Waals surface area contributed by atoms with Crippen LogP contribution in [-0.2, 0) is 4.79 Å². The SMILES string of the molecule is CN1C(=O)C(=c2[nH][nH]c(=O)/c2=C\c2cccc(Cl)c2)C(=O)c2ccccc21. The molecule has 0 atom stereocenters. The van der Waals surface area contributed by atoms with Gasteiger partial charge in [0.05, 0.1) is 16.3 Å². The fraction of sp³-hybridized carbons (Fsp3) is 0.0500. The van der Waals surface area contributed by atoms with Crippen molar-refractivity contribution in [3.63, 3.8) is 0 Å². The number of Topliss-reactive ketones (excluding diaryl/α,β-unsaturated/α-hetero) is 1. The van der Waals surface area contributed by atoms with Gasteiger partial charge in [-0.3, -0.25) is 24.6 Å². The first-order chi connectivity index (χ1) is 13.0. The summed E-state index contributed by atoms with van der Waals surface area (Å²) in [5.41, 5.74) is 1.11. The molecule has 0 fully saturated rings. The van der Waals surface area contributed by atoms with Gasteiger partial charge in [0, 0.05) is 17.6 Å². The molecule has 1 aromatic heterocycles. The molecule has 0 radical (unpaired) electrons. The van der Waals surface area contributed by atoms with Gasteiger partial charge in [-0.2, -0.15) is 0 Å². The van der Waals surface area contributed by atoms with Crippen molar-refractivity contribution < 1.29 is 9.59 Å². The number of para-hydroxylation sites is 1. The maximum atomic E-state index is 13.0. The van der Waals surface area contributed by atoms with E-state index in [0.717, 1.165) is 0 Å². The summed E-state index contributed by atoms with van der Waals surface area (Å²) in [7, 11) is 1.60. The normalized spacial score (nSPS) is 16.7. The molecule has 0 saturated carbocycles. The van der Waals surface area contributed by atoms with Gasteiger partial charge in [0.1, 0.15) is 5.57 Å². The van der Waals surface area contributed by atoms with Crippen molar-refractivity contribution >= 4 is 40.6 Å². The van der Waals surface area contributed by atoms with Crippen LogP contribution in [0.1, 0.15) is 15.9 Å². The van der Waals surface area contributed by atoms with Crippen molar-refractivity contribution in [2.24, 2.45) is 0 Å². The first-order valence-electron chi connectivity index (χ1n) is 8.17. The molecule has 0 spiro atoms. The summed E-state index contributed by atoms with van der Waals surface area (Å²) in [4.78, 5) is 39.6. The third-order valence-corrected chi connectivity index (χ3v) is 4.72. The van der Waals surface area contributed by atoms with E-state index in [2.05, 4.69) is 10.2 Å². The van der Waals surface area contributed by atoms with Gasteiger partial charge in [-0.05, 0) is 35.9 Å². The summed E-state index contributed by atoms with van der Waals surface area (Å²) in [6.45, 7) is 0. The smallest absolute Gasteiger partial charge is 0.271 e. The van der Waals surface area contributed by atoms with Crippen LogP contribution in [-0.4, -0.2) is 28.9 Å². The zero-order valence-electron chi connectivity index (χ0n) is 14.2. The second kappa shape index (κ2) is 6.41. The van der Waals surface area contributed by atoms with Crippen LogP contribution in [0.4, 0.5) is 5.69 Å². The predicted molar refractivity (Wildman–Crippen MR) is 103 cm³/mol. The lowest BCUT2D eigenvalue weighted by Gasteiger charge is -2.25. The Bertz CT molecular complexity index is 1270. The number of aromatic amines is 2. The highest BCUT2D eigenvalue weighted by atomic mass is 35.5. The second-order valence-corrected chi connectivity index (χ2v) is 6.59. The molecular weight excluding hydrogens is 366 g/mol. The van der Waals surface area contributed by atoms with Crippen molar-refractivity contribution in [3.8, 4) is 0 Å². The highest BCUT2D eigenvalue weighted by Gasteiger charge is 2.33. The fourth-order valence-electron chi connectivity index (χ4n) is 3.15. The number of carbonyl (C=O) groups is 2. The van der Waals surface area contributed by atoms with Crippen LogP contribution in [0.5, 0.6) is 0 Å². The first kappa shape index (κ1) is 17.1. The van der Waals surface area contributed by atoms with E-state index in [1.54, 1.807) is 61.7 Å². The number of anilines is 1. The average molecular weight is 380 g/mol. The summed E-state index contributed by atoms with van der Waals surface area (Å²) >= 11 is 6.00. The van der Waals surface area contributed by atoms with Crippen LogP contribution < -0.4 is 21.0 Å². The van der Waals surface area contributed by atoms with Crippen LogP contribution in [0, 0.1) is 0 Å². The van der Waals surface area contributed by atoms with E-state index in [1.165, 1.54) is 4.90 Å². The largest absolute Gasteiger partial charge is 0.310 e. The lowest BCUT2D eigenvalue weighted by molar-refractivity contribution is -0.113. The number of ketones is 1. The van der Waals surface area contributed by atoms with Gasteiger partial charge < -0.3 is 4.90 Å². The zero-order chi connectivity index (χ0) is 19.1. The lowest BCUT2D eigenvalue weighted by atomic mass is 9.95. The number of rotatable bonds is 1. The molecule has 2 heterocycles. The van der Waals surface area contributed by atoms with E-state index in [1.807, 2.05) is 0 Å². The molecule has 4 rings (SSSR count). The summed E-state index contributed by atoms with van der Waals surface area (Å²) in [6, 6.07) is 13.8. The Morgan fingerprint density at radius 3 is 2.56 bits per heavy atom. The van der Waals surface area contributed by atoms with Gasteiger partial charge in [-0.1, -0.05) is 35.9 Å². The van der Waals surface area contributed by atoms with Crippen molar-refractivity contribution in [3.05, 3.63) is 85.6 Å². The Morgan fingerprint density at radius 1 is 1.00 bits per heavy atom. The minimum atomic E-state index is -0.477. The molecule has 3 aromatic rings. The predicted octanol–water partition coefficient (Wildman–Crippen LogP) is 1.20. The number of carbonyl (C=O) groups excluding carboxylic acids is 2. The van der Waals surface area contributed by atoms with Crippen molar-refractivity contribution in [2.45, 2.75) is 0 Å². The summed E-state index contributed by atoms with van der Waals surface area (Å²) < 4.78 is 0. The zero-order valence-corrected chi connectivity index (χ0v) is 15.0. The standard InChI is InChI=1S/C20H14ClN3O3/c1-24-15-8-3-2-7-13(15)18(25)16(20(24)27)17-14(19(26)23-22-17)10-11-5-4-6-12(21)9-11/h2-10,22H,1H3,(H,23,26)/b14-10-,17-16?. The number of nitrogens with zero attached hydrogens (tertiary/aromatic N) is 1. The number of hydrogen-bond acceptors (Lipinski definition) is 3. The molecule has 6 nitrogen and oxygen atoms in total. The average Bonchev–Trinajstić information content (AvgIpc) is 3.01. The molecule has 7 heteroatoms. The minimum absolute atomic E-state index is 0.0807. The number of fused-ring (bicyclic) bond motifs is 1. The van der Waals surface area contributed by atoms with Gasteiger partial charge in [0.2, 0.25) is 5.78 Å². The van der Waals surface area contributed by atoms with Gasteiger partial charge in [0.25, 0.3) is 11.5 Å². The summed E-state index contributed by atoms with van der Waals surface area (Å²) in [5, 5.41) is 6.02. The number of aromatic nitrogens is 2. The number of amides is 1. The van der Waals surface area contributed by atoms with Gasteiger partial charge in [-0.15, -0.1) is 0 Å². The molecule has 2 aromatic carbocycles. The van der Waals surface area contributed by atoms with Gasteiger partial charge in [-0.25, -0.2) is 0 Å².